The van der Waals surface area contributed by atoms with Crippen LogP contribution < -0.4 is 0 Å². The van der Waals surface area contributed by atoms with Gasteiger partial charge in [-0.05, 0) is 37.7 Å². The summed E-state index contributed by atoms with van der Waals surface area (Å²) in [6.07, 6.45) is 5.70. The summed E-state index contributed by atoms with van der Waals surface area (Å²) in [7, 11) is 0. The quantitative estimate of drug-likeness (QED) is 0.818. The summed E-state index contributed by atoms with van der Waals surface area (Å²) in [6, 6.07) is 0.0412. The third-order valence-electron chi connectivity index (χ3n) is 4.27. The van der Waals surface area contributed by atoms with Gasteiger partial charge in [-0.3, -0.25) is 14.8 Å². The van der Waals surface area contributed by atoms with Crippen LogP contribution in [-0.2, 0) is 17.6 Å². The number of ether oxygens (including phenoxy) is 1. The third kappa shape index (κ3) is 3.59. The van der Waals surface area contributed by atoms with E-state index < -0.39 is 0 Å². The molecule has 8 heteroatoms. The Morgan fingerprint density at radius 1 is 1.38 bits per heavy atom. The summed E-state index contributed by atoms with van der Waals surface area (Å²) >= 11 is 1.18. The van der Waals surface area contributed by atoms with Crippen molar-refractivity contribution in [2.75, 3.05) is 19.8 Å². The van der Waals surface area contributed by atoms with Crippen LogP contribution >= 0.6 is 11.5 Å². The van der Waals surface area contributed by atoms with E-state index in [9.17, 15) is 4.79 Å². The average Bonchev–Trinajstić information content (AvgIpc) is 3.09. The second-order valence-electron chi connectivity index (χ2n) is 5.76. The predicted molar refractivity (Wildman–Crippen MR) is 90.0 cm³/mol. The maximum absolute atomic E-state index is 12.9. The van der Waals surface area contributed by atoms with Crippen molar-refractivity contribution in [2.45, 2.75) is 39.2 Å². The Morgan fingerprint density at radius 3 is 3.00 bits per heavy atom. The SMILES string of the molecule is CCc1nnsc1C(=O)N1CCOC[C@H]1CCc1nccnc1C. The van der Waals surface area contributed by atoms with Gasteiger partial charge in [-0.15, -0.1) is 5.10 Å². The zero-order valence-corrected chi connectivity index (χ0v) is 14.8. The normalized spacial score (nSPS) is 17.9. The highest BCUT2D eigenvalue weighted by Crippen LogP contribution is 2.20. The number of carbonyl (C=O) groups is 1. The van der Waals surface area contributed by atoms with Crippen molar-refractivity contribution in [1.29, 1.82) is 0 Å². The van der Waals surface area contributed by atoms with Gasteiger partial charge in [0.2, 0.25) is 0 Å². The summed E-state index contributed by atoms with van der Waals surface area (Å²) in [5.41, 5.74) is 2.69. The minimum Gasteiger partial charge on any atom is -0.377 e. The fraction of sp³-hybridized carbons (Fsp3) is 0.562. The summed E-state index contributed by atoms with van der Waals surface area (Å²) < 4.78 is 9.53. The molecule has 3 heterocycles. The lowest BCUT2D eigenvalue weighted by Gasteiger charge is -2.35. The van der Waals surface area contributed by atoms with E-state index in [-0.39, 0.29) is 11.9 Å². The van der Waals surface area contributed by atoms with Gasteiger partial charge in [-0.1, -0.05) is 11.4 Å². The highest BCUT2D eigenvalue weighted by Gasteiger charge is 2.30. The Morgan fingerprint density at radius 2 is 2.21 bits per heavy atom. The number of nitrogens with zero attached hydrogens (tertiary/aromatic N) is 5. The number of hydrogen-bond acceptors (Lipinski definition) is 7. The first-order valence-electron chi connectivity index (χ1n) is 8.17. The highest BCUT2D eigenvalue weighted by atomic mass is 32.1. The molecule has 1 aliphatic rings. The Kier molecular flexibility index (Phi) is 5.47. The van der Waals surface area contributed by atoms with Crippen molar-refractivity contribution < 1.29 is 9.53 Å². The molecule has 0 saturated carbocycles. The highest BCUT2D eigenvalue weighted by molar-refractivity contribution is 7.08. The van der Waals surface area contributed by atoms with Gasteiger partial charge < -0.3 is 9.64 Å². The molecule has 1 amide bonds. The van der Waals surface area contributed by atoms with Crippen molar-refractivity contribution >= 4 is 17.4 Å². The molecular weight excluding hydrogens is 326 g/mol. The molecule has 0 aliphatic carbocycles. The van der Waals surface area contributed by atoms with E-state index in [2.05, 4.69) is 19.6 Å². The van der Waals surface area contributed by atoms with E-state index in [1.165, 1.54) is 11.5 Å². The summed E-state index contributed by atoms with van der Waals surface area (Å²) in [6.45, 7) is 5.67. The molecular formula is C16H21N5O2S. The Hall–Kier alpha value is -1.93. The van der Waals surface area contributed by atoms with E-state index in [1.807, 2.05) is 18.7 Å². The Bertz CT molecular complexity index is 705. The maximum Gasteiger partial charge on any atom is 0.267 e. The van der Waals surface area contributed by atoms with Crippen molar-refractivity contribution in [3.63, 3.8) is 0 Å². The number of morpholine rings is 1. The predicted octanol–water partition coefficient (Wildman–Crippen LogP) is 1.67. The van der Waals surface area contributed by atoms with Crippen LogP contribution in [0.4, 0.5) is 0 Å². The molecule has 0 N–H and O–H groups in total. The van der Waals surface area contributed by atoms with Crippen molar-refractivity contribution in [1.82, 2.24) is 24.5 Å². The van der Waals surface area contributed by atoms with Crippen molar-refractivity contribution in [2.24, 2.45) is 0 Å². The largest absolute Gasteiger partial charge is 0.377 e. The average molecular weight is 347 g/mol. The van der Waals surface area contributed by atoms with Gasteiger partial charge >= 0.3 is 0 Å². The van der Waals surface area contributed by atoms with Crippen LogP contribution in [0.5, 0.6) is 0 Å². The van der Waals surface area contributed by atoms with E-state index >= 15 is 0 Å². The standard InChI is InChI=1S/C16H21N5O2S/c1-3-13-15(24-20-19-13)16(22)21-8-9-23-10-12(21)4-5-14-11(2)17-6-7-18-14/h6-7,12H,3-5,8-10H2,1-2H3/t12-/m1/s1. The van der Waals surface area contributed by atoms with Gasteiger partial charge in [-0.25, -0.2) is 0 Å². The molecule has 2 aromatic rings. The molecule has 24 heavy (non-hydrogen) atoms. The van der Waals surface area contributed by atoms with Crippen LogP contribution in [0.1, 0.15) is 40.1 Å². The number of rotatable bonds is 5. The first-order chi connectivity index (χ1) is 11.7. The first-order valence-corrected chi connectivity index (χ1v) is 8.94. The summed E-state index contributed by atoms with van der Waals surface area (Å²) in [4.78, 5) is 24.1. The molecule has 0 radical (unpaired) electrons. The molecule has 0 unspecified atom stereocenters. The minimum atomic E-state index is 0.0195. The molecule has 0 aromatic carbocycles. The van der Waals surface area contributed by atoms with Gasteiger partial charge in [0.25, 0.3) is 5.91 Å². The van der Waals surface area contributed by atoms with Crippen LogP contribution in [0, 0.1) is 6.92 Å². The van der Waals surface area contributed by atoms with Gasteiger partial charge in [0.15, 0.2) is 0 Å². The monoisotopic (exact) mass is 347 g/mol. The topological polar surface area (TPSA) is 81.1 Å². The zero-order chi connectivity index (χ0) is 16.9. The lowest BCUT2D eigenvalue weighted by Crippen LogP contribution is -2.49. The molecule has 2 aromatic heterocycles. The van der Waals surface area contributed by atoms with Crippen molar-refractivity contribution in [3.8, 4) is 0 Å². The second kappa shape index (κ2) is 7.76. The molecule has 0 spiro atoms. The molecule has 128 valence electrons. The number of amides is 1. The second-order valence-corrected chi connectivity index (χ2v) is 6.51. The summed E-state index contributed by atoms with van der Waals surface area (Å²) in [5.74, 6) is 0.0195. The van der Waals surface area contributed by atoms with Gasteiger partial charge in [-0.2, -0.15) is 0 Å². The van der Waals surface area contributed by atoms with E-state index in [4.69, 9.17) is 4.74 Å². The van der Waals surface area contributed by atoms with Crippen LogP contribution in [0.15, 0.2) is 12.4 Å². The first kappa shape index (κ1) is 16.9. The minimum absolute atomic E-state index is 0.0195. The fourth-order valence-corrected chi connectivity index (χ4v) is 3.59. The van der Waals surface area contributed by atoms with E-state index in [1.54, 1.807) is 12.4 Å². The van der Waals surface area contributed by atoms with Gasteiger partial charge in [0.1, 0.15) is 4.88 Å². The van der Waals surface area contributed by atoms with Crippen LogP contribution in [0.2, 0.25) is 0 Å². The van der Waals surface area contributed by atoms with Crippen LogP contribution in [0.25, 0.3) is 0 Å². The molecule has 0 bridgehead atoms. The number of aryl methyl sites for hydroxylation is 3. The van der Waals surface area contributed by atoms with Crippen LogP contribution in [-0.4, -0.2) is 56.2 Å². The summed E-state index contributed by atoms with van der Waals surface area (Å²) in [5, 5.41) is 4.05. The third-order valence-corrected chi connectivity index (χ3v) is 5.03. The van der Waals surface area contributed by atoms with Gasteiger partial charge in [0, 0.05) is 18.9 Å². The Balaban J connectivity index is 1.71. The van der Waals surface area contributed by atoms with Crippen LogP contribution in [0.3, 0.4) is 0 Å². The molecule has 1 atom stereocenters. The molecule has 1 saturated heterocycles. The number of aromatic nitrogens is 4. The number of carbonyl (C=O) groups excluding carboxylic acids is 1. The molecule has 3 rings (SSSR count). The smallest absolute Gasteiger partial charge is 0.267 e. The molecule has 1 aliphatic heterocycles. The molecule has 1 fully saturated rings. The van der Waals surface area contributed by atoms with Crippen molar-refractivity contribution in [3.05, 3.63) is 34.4 Å². The molecule has 7 nitrogen and oxygen atoms in total. The zero-order valence-electron chi connectivity index (χ0n) is 13.9. The maximum atomic E-state index is 12.9. The Labute approximate surface area is 145 Å². The van der Waals surface area contributed by atoms with Gasteiger partial charge in [0.05, 0.1) is 36.3 Å². The fourth-order valence-electron chi connectivity index (χ4n) is 2.88. The van der Waals surface area contributed by atoms with E-state index in [0.29, 0.717) is 31.1 Å². The van der Waals surface area contributed by atoms with E-state index in [0.717, 1.165) is 29.9 Å². The lowest BCUT2D eigenvalue weighted by atomic mass is 10.1. The lowest BCUT2D eigenvalue weighted by molar-refractivity contribution is -0.00394. The number of hydrogen-bond donors (Lipinski definition) is 0.